The second-order valence-electron chi connectivity index (χ2n) is 7.32. The number of nitrogens with zero attached hydrogens (tertiary/aromatic N) is 1. The number of carbonyl (C=O) groups is 2. The van der Waals surface area contributed by atoms with E-state index in [2.05, 4.69) is 17.0 Å². The summed E-state index contributed by atoms with van der Waals surface area (Å²) in [4.78, 5) is 27.4. The second-order valence-corrected chi connectivity index (χ2v) is 7.32. The van der Waals surface area contributed by atoms with Gasteiger partial charge in [-0.05, 0) is 49.5 Å². The molecule has 1 saturated heterocycles. The number of hydrogen-bond acceptors (Lipinski definition) is 4. The molecule has 5 heteroatoms. The zero-order chi connectivity index (χ0) is 18.1. The number of likely N-dealkylation sites (tertiary alicyclic amines) is 1. The lowest BCUT2D eigenvalue weighted by molar-refractivity contribution is 0.0620. The van der Waals surface area contributed by atoms with Gasteiger partial charge in [-0.1, -0.05) is 42.5 Å². The van der Waals surface area contributed by atoms with E-state index in [1.54, 1.807) is 23.7 Å². The molecule has 1 aliphatic carbocycles. The van der Waals surface area contributed by atoms with Gasteiger partial charge in [0.2, 0.25) is 0 Å². The van der Waals surface area contributed by atoms with Crippen molar-refractivity contribution >= 4 is 11.7 Å². The van der Waals surface area contributed by atoms with Crippen molar-refractivity contribution in [3.63, 3.8) is 0 Å². The van der Waals surface area contributed by atoms with Gasteiger partial charge < -0.3 is 0 Å². The summed E-state index contributed by atoms with van der Waals surface area (Å²) in [7, 11) is 0. The molecular formula is C21H22N2O3. The van der Waals surface area contributed by atoms with E-state index in [1.807, 2.05) is 18.2 Å². The highest BCUT2D eigenvalue weighted by Gasteiger charge is 2.48. The summed E-state index contributed by atoms with van der Waals surface area (Å²) in [6, 6.07) is 15.5. The Labute approximate surface area is 152 Å². The molecule has 2 aromatic rings. The number of benzene rings is 2. The summed E-state index contributed by atoms with van der Waals surface area (Å²) < 4.78 is 0. The molecule has 0 aromatic heterocycles. The number of fused-ring (bicyclic) bond motifs is 1. The standard InChI is InChI=1S/C21H22N2O3/c24-19-16-7-4-8-17(20(25)22-26)18(16)13-21(19)9-11-23(12-10-21)14-15-5-2-1-3-6-15/h1-8,26H,9-14H2,(H,22,25). The molecule has 0 atom stereocenters. The highest BCUT2D eigenvalue weighted by molar-refractivity contribution is 6.08. The highest BCUT2D eigenvalue weighted by Crippen LogP contribution is 2.45. The molecule has 1 spiro atoms. The van der Waals surface area contributed by atoms with Crippen LogP contribution >= 0.6 is 0 Å². The molecule has 1 aliphatic heterocycles. The van der Waals surface area contributed by atoms with E-state index in [-0.39, 0.29) is 5.78 Å². The first kappa shape index (κ1) is 16.9. The topological polar surface area (TPSA) is 69.6 Å². The normalized spacial score (nSPS) is 18.7. The summed E-state index contributed by atoms with van der Waals surface area (Å²) in [5, 5.41) is 8.97. The fourth-order valence-electron chi connectivity index (χ4n) is 4.35. The molecule has 1 amide bonds. The molecule has 2 aliphatic rings. The predicted molar refractivity (Wildman–Crippen MR) is 97.1 cm³/mol. The number of rotatable bonds is 3. The number of hydroxylamine groups is 1. The lowest BCUT2D eigenvalue weighted by Gasteiger charge is -2.38. The molecular weight excluding hydrogens is 328 g/mol. The predicted octanol–water partition coefficient (Wildman–Crippen LogP) is 2.83. The van der Waals surface area contributed by atoms with Crippen LogP contribution in [0.15, 0.2) is 48.5 Å². The lowest BCUT2D eigenvalue weighted by Crippen LogP contribution is -2.42. The monoisotopic (exact) mass is 350 g/mol. The van der Waals surface area contributed by atoms with E-state index >= 15 is 0 Å². The van der Waals surface area contributed by atoms with Crippen LogP contribution in [0.2, 0.25) is 0 Å². The molecule has 4 rings (SSSR count). The zero-order valence-electron chi connectivity index (χ0n) is 14.6. The van der Waals surface area contributed by atoms with Crippen molar-refractivity contribution in [2.45, 2.75) is 25.8 Å². The molecule has 2 aromatic carbocycles. The van der Waals surface area contributed by atoms with Gasteiger partial charge in [-0.2, -0.15) is 0 Å². The molecule has 1 fully saturated rings. The second kappa shape index (κ2) is 6.67. The van der Waals surface area contributed by atoms with Gasteiger partial charge in [-0.3, -0.25) is 19.7 Å². The van der Waals surface area contributed by atoms with Gasteiger partial charge in [0.15, 0.2) is 5.78 Å². The average Bonchev–Trinajstić information content (AvgIpc) is 2.96. The Morgan fingerprint density at radius 1 is 1.08 bits per heavy atom. The van der Waals surface area contributed by atoms with Crippen molar-refractivity contribution < 1.29 is 14.8 Å². The Bertz CT molecular complexity index is 840. The summed E-state index contributed by atoms with van der Waals surface area (Å²) in [5.74, 6) is -0.396. The highest BCUT2D eigenvalue weighted by atomic mass is 16.5. The van der Waals surface area contributed by atoms with Gasteiger partial charge in [0.1, 0.15) is 0 Å². The van der Waals surface area contributed by atoms with Gasteiger partial charge >= 0.3 is 0 Å². The van der Waals surface area contributed by atoms with Crippen molar-refractivity contribution in [1.29, 1.82) is 0 Å². The number of hydrogen-bond donors (Lipinski definition) is 2. The van der Waals surface area contributed by atoms with Crippen LogP contribution in [-0.2, 0) is 13.0 Å². The summed E-state index contributed by atoms with van der Waals surface area (Å²) in [5.41, 5.74) is 4.40. The Morgan fingerprint density at radius 3 is 2.50 bits per heavy atom. The van der Waals surface area contributed by atoms with Crippen LogP contribution in [0.3, 0.4) is 0 Å². The lowest BCUT2D eigenvalue weighted by atomic mass is 9.75. The number of ketones is 1. The maximum atomic E-state index is 13.1. The molecule has 134 valence electrons. The van der Waals surface area contributed by atoms with Gasteiger partial charge in [-0.15, -0.1) is 0 Å². The van der Waals surface area contributed by atoms with Crippen LogP contribution in [0.4, 0.5) is 0 Å². The average molecular weight is 350 g/mol. The van der Waals surface area contributed by atoms with Gasteiger partial charge in [-0.25, -0.2) is 5.48 Å². The van der Waals surface area contributed by atoms with Crippen LogP contribution in [0, 0.1) is 5.41 Å². The van der Waals surface area contributed by atoms with E-state index < -0.39 is 11.3 Å². The van der Waals surface area contributed by atoms with Crippen molar-refractivity contribution in [3.8, 4) is 0 Å². The third kappa shape index (κ3) is 2.83. The SMILES string of the molecule is O=C(NO)c1cccc2c1CC1(CCN(Cc3ccccc3)CC1)C2=O. The van der Waals surface area contributed by atoms with Crippen LogP contribution in [0.1, 0.15) is 44.7 Å². The number of amides is 1. The largest absolute Gasteiger partial charge is 0.299 e. The maximum Gasteiger partial charge on any atom is 0.274 e. The Balaban J connectivity index is 1.51. The van der Waals surface area contributed by atoms with Crippen LogP contribution < -0.4 is 5.48 Å². The molecule has 1 heterocycles. The first-order valence-corrected chi connectivity index (χ1v) is 9.00. The zero-order valence-corrected chi connectivity index (χ0v) is 14.6. The molecule has 5 nitrogen and oxygen atoms in total. The number of nitrogens with one attached hydrogen (secondary N) is 1. The third-order valence-corrected chi connectivity index (χ3v) is 5.83. The Hall–Kier alpha value is -2.50. The quantitative estimate of drug-likeness (QED) is 0.660. The summed E-state index contributed by atoms with van der Waals surface area (Å²) >= 11 is 0. The fraction of sp³-hybridized carbons (Fsp3) is 0.333. The van der Waals surface area contributed by atoms with Crippen LogP contribution in [-0.4, -0.2) is 34.9 Å². The summed E-state index contributed by atoms with van der Waals surface area (Å²) in [6.07, 6.45) is 2.19. The molecule has 0 radical (unpaired) electrons. The number of carbonyl (C=O) groups excluding carboxylic acids is 2. The molecule has 0 unspecified atom stereocenters. The summed E-state index contributed by atoms with van der Waals surface area (Å²) in [6.45, 7) is 2.64. The number of piperidine rings is 1. The smallest absolute Gasteiger partial charge is 0.274 e. The van der Waals surface area contributed by atoms with Crippen molar-refractivity contribution in [1.82, 2.24) is 10.4 Å². The van der Waals surface area contributed by atoms with Crippen LogP contribution in [0.25, 0.3) is 0 Å². The van der Waals surface area contributed by atoms with Gasteiger partial charge in [0, 0.05) is 23.1 Å². The van der Waals surface area contributed by atoms with E-state index in [1.165, 1.54) is 5.56 Å². The molecule has 26 heavy (non-hydrogen) atoms. The Morgan fingerprint density at radius 2 is 1.81 bits per heavy atom. The molecule has 0 saturated carbocycles. The fourth-order valence-corrected chi connectivity index (χ4v) is 4.35. The van der Waals surface area contributed by atoms with Gasteiger partial charge in [0.05, 0.1) is 0 Å². The van der Waals surface area contributed by atoms with E-state index in [9.17, 15) is 9.59 Å². The van der Waals surface area contributed by atoms with Crippen molar-refractivity contribution in [2.24, 2.45) is 5.41 Å². The van der Waals surface area contributed by atoms with E-state index in [0.29, 0.717) is 17.5 Å². The van der Waals surface area contributed by atoms with Crippen LogP contribution in [0.5, 0.6) is 0 Å². The van der Waals surface area contributed by atoms with Gasteiger partial charge in [0.25, 0.3) is 5.91 Å². The minimum absolute atomic E-state index is 0.152. The maximum absolute atomic E-state index is 13.1. The third-order valence-electron chi connectivity index (χ3n) is 5.83. The molecule has 2 N–H and O–H groups in total. The van der Waals surface area contributed by atoms with Crippen molar-refractivity contribution in [3.05, 3.63) is 70.8 Å². The first-order valence-electron chi connectivity index (χ1n) is 9.00. The van der Waals surface area contributed by atoms with Crippen molar-refractivity contribution in [2.75, 3.05) is 13.1 Å². The first-order chi connectivity index (χ1) is 12.6. The van der Waals surface area contributed by atoms with E-state index in [0.717, 1.165) is 38.0 Å². The number of Topliss-reactive ketones (excluding diaryl/α,β-unsaturated/α-hetero) is 1. The minimum atomic E-state index is -0.548. The van der Waals surface area contributed by atoms with E-state index in [4.69, 9.17) is 5.21 Å². The minimum Gasteiger partial charge on any atom is -0.299 e. The Kier molecular flexibility index (Phi) is 4.34. The molecule has 0 bridgehead atoms.